The quantitative estimate of drug-likeness (QED) is 0.840. The van der Waals surface area contributed by atoms with Crippen LogP contribution in [0.15, 0.2) is 36.8 Å². The Hall–Kier alpha value is -2.10. The minimum absolute atomic E-state index is 0.126. The lowest BCUT2D eigenvalue weighted by molar-refractivity contribution is 0.0725. The van der Waals surface area contributed by atoms with Crippen molar-refractivity contribution in [2.75, 3.05) is 6.54 Å². The summed E-state index contributed by atoms with van der Waals surface area (Å²) in [6.07, 6.45) is 7.65. The average Bonchev–Trinajstić information content (AvgIpc) is 3.07. The van der Waals surface area contributed by atoms with Crippen LogP contribution < -0.4 is 0 Å². The van der Waals surface area contributed by atoms with Crippen molar-refractivity contribution in [2.45, 2.75) is 25.8 Å². The van der Waals surface area contributed by atoms with Crippen LogP contribution in [0.1, 0.15) is 40.5 Å². The second-order valence-electron chi connectivity index (χ2n) is 5.40. The van der Waals surface area contributed by atoms with Gasteiger partial charge in [-0.05, 0) is 43.0 Å². The van der Waals surface area contributed by atoms with Crippen molar-refractivity contribution in [3.8, 4) is 0 Å². The molecular weight excluding hydrogens is 250 g/mol. The number of pyridine rings is 1. The zero-order valence-electron chi connectivity index (χ0n) is 11.9. The van der Waals surface area contributed by atoms with Gasteiger partial charge in [0.15, 0.2) is 0 Å². The Balaban J connectivity index is 1.91. The van der Waals surface area contributed by atoms with Gasteiger partial charge in [-0.3, -0.25) is 9.78 Å². The Morgan fingerprint density at radius 2 is 2.25 bits per heavy atom. The van der Waals surface area contributed by atoms with Crippen molar-refractivity contribution in [1.29, 1.82) is 0 Å². The molecular formula is C16H19N3O. The molecule has 0 saturated carbocycles. The van der Waals surface area contributed by atoms with E-state index in [0.717, 1.165) is 36.2 Å². The largest absolute Gasteiger partial charge is 0.346 e. The van der Waals surface area contributed by atoms with Gasteiger partial charge in [-0.25, -0.2) is 0 Å². The van der Waals surface area contributed by atoms with Gasteiger partial charge in [0, 0.05) is 32.2 Å². The van der Waals surface area contributed by atoms with Crippen LogP contribution in [-0.2, 0) is 7.05 Å². The Kier molecular flexibility index (Phi) is 3.30. The highest BCUT2D eigenvalue weighted by atomic mass is 16.2. The van der Waals surface area contributed by atoms with E-state index in [9.17, 15) is 4.79 Å². The SMILES string of the molecule is Cc1ccn(C)c1C(=O)N1CCCC1c1cccnc1. The molecule has 0 N–H and O–H groups in total. The number of amides is 1. The molecule has 0 spiro atoms. The van der Waals surface area contributed by atoms with Crippen molar-refractivity contribution in [3.05, 3.63) is 53.6 Å². The molecule has 1 unspecified atom stereocenters. The summed E-state index contributed by atoms with van der Waals surface area (Å²) >= 11 is 0. The zero-order chi connectivity index (χ0) is 14.1. The lowest BCUT2D eigenvalue weighted by Crippen LogP contribution is -2.32. The highest BCUT2D eigenvalue weighted by molar-refractivity contribution is 5.94. The number of likely N-dealkylation sites (tertiary alicyclic amines) is 1. The van der Waals surface area contributed by atoms with Crippen LogP contribution in [0.5, 0.6) is 0 Å². The maximum absolute atomic E-state index is 12.8. The molecule has 1 atom stereocenters. The Morgan fingerprint density at radius 3 is 2.90 bits per heavy atom. The summed E-state index contributed by atoms with van der Waals surface area (Å²) in [6, 6.07) is 6.14. The van der Waals surface area contributed by atoms with Crippen LogP contribution in [-0.4, -0.2) is 26.9 Å². The number of hydrogen-bond donors (Lipinski definition) is 0. The lowest BCUT2D eigenvalue weighted by Gasteiger charge is -2.25. The van der Waals surface area contributed by atoms with Crippen LogP contribution >= 0.6 is 0 Å². The predicted octanol–water partition coefficient (Wildman–Crippen LogP) is 2.71. The molecule has 2 aromatic heterocycles. The van der Waals surface area contributed by atoms with E-state index < -0.39 is 0 Å². The van der Waals surface area contributed by atoms with Crippen LogP contribution in [0.2, 0.25) is 0 Å². The monoisotopic (exact) mass is 269 g/mol. The molecule has 3 heterocycles. The van der Waals surface area contributed by atoms with E-state index in [-0.39, 0.29) is 11.9 Å². The van der Waals surface area contributed by atoms with Crippen molar-refractivity contribution in [1.82, 2.24) is 14.5 Å². The molecule has 0 aliphatic carbocycles. The summed E-state index contributed by atoms with van der Waals surface area (Å²) in [6.45, 7) is 2.81. The number of nitrogens with zero attached hydrogens (tertiary/aromatic N) is 3. The van der Waals surface area contributed by atoms with E-state index in [0.29, 0.717) is 0 Å². The number of aromatic nitrogens is 2. The summed E-state index contributed by atoms with van der Waals surface area (Å²) in [4.78, 5) is 19.0. The molecule has 2 aromatic rings. The van der Waals surface area contributed by atoms with E-state index >= 15 is 0 Å². The molecule has 1 amide bonds. The van der Waals surface area contributed by atoms with Gasteiger partial charge in [0.1, 0.15) is 5.69 Å². The molecule has 20 heavy (non-hydrogen) atoms. The molecule has 1 aliphatic heterocycles. The number of rotatable bonds is 2. The predicted molar refractivity (Wildman–Crippen MR) is 77.4 cm³/mol. The molecule has 104 valence electrons. The number of carbonyl (C=O) groups excluding carboxylic acids is 1. The summed E-state index contributed by atoms with van der Waals surface area (Å²) in [5.74, 6) is 0.126. The molecule has 0 aromatic carbocycles. The molecule has 1 aliphatic rings. The maximum Gasteiger partial charge on any atom is 0.271 e. The van der Waals surface area contributed by atoms with Gasteiger partial charge in [-0.1, -0.05) is 6.07 Å². The first-order chi connectivity index (χ1) is 9.68. The van der Waals surface area contributed by atoms with Gasteiger partial charge in [-0.2, -0.15) is 0 Å². The maximum atomic E-state index is 12.8. The first-order valence-electron chi connectivity index (χ1n) is 7.01. The van der Waals surface area contributed by atoms with Crippen LogP contribution in [0.3, 0.4) is 0 Å². The average molecular weight is 269 g/mol. The molecule has 3 rings (SSSR count). The van der Waals surface area contributed by atoms with Crippen LogP contribution in [0.25, 0.3) is 0 Å². The minimum atomic E-state index is 0.126. The fourth-order valence-electron chi connectivity index (χ4n) is 3.04. The summed E-state index contributed by atoms with van der Waals surface area (Å²) < 4.78 is 1.91. The van der Waals surface area contributed by atoms with Gasteiger partial charge in [0.25, 0.3) is 5.91 Å². The van der Waals surface area contributed by atoms with Crippen LogP contribution in [0.4, 0.5) is 0 Å². The molecule has 0 radical (unpaired) electrons. The van der Waals surface area contributed by atoms with Crippen LogP contribution in [0, 0.1) is 6.92 Å². The van der Waals surface area contributed by atoms with Gasteiger partial charge in [0.05, 0.1) is 6.04 Å². The highest BCUT2D eigenvalue weighted by Gasteiger charge is 2.32. The highest BCUT2D eigenvalue weighted by Crippen LogP contribution is 2.33. The molecule has 1 fully saturated rings. The number of hydrogen-bond acceptors (Lipinski definition) is 2. The second kappa shape index (κ2) is 5.12. The Morgan fingerprint density at radius 1 is 1.40 bits per heavy atom. The lowest BCUT2D eigenvalue weighted by atomic mass is 10.1. The molecule has 4 heteroatoms. The fraction of sp³-hybridized carbons (Fsp3) is 0.375. The Labute approximate surface area is 119 Å². The van der Waals surface area contributed by atoms with Gasteiger partial charge in [0.2, 0.25) is 0 Å². The minimum Gasteiger partial charge on any atom is -0.346 e. The summed E-state index contributed by atoms with van der Waals surface area (Å²) in [5.41, 5.74) is 2.96. The van der Waals surface area contributed by atoms with Crippen molar-refractivity contribution in [3.63, 3.8) is 0 Å². The molecule has 1 saturated heterocycles. The van der Waals surface area contributed by atoms with Gasteiger partial charge < -0.3 is 9.47 Å². The second-order valence-corrected chi connectivity index (χ2v) is 5.40. The van der Waals surface area contributed by atoms with E-state index in [1.165, 1.54) is 0 Å². The van der Waals surface area contributed by atoms with Crippen molar-refractivity contribution >= 4 is 5.91 Å². The molecule has 4 nitrogen and oxygen atoms in total. The number of aryl methyl sites for hydroxylation is 2. The topological polar surface area (TPSA) is 38.1 Å². The van der Waals surface area contributed by atoms with E-state index in [4.69, 9.17) is 0 Å². The standard InChI is InChI=1S/C16H19N3O/c1-12-7-10-18(2)15(12)16(20)19-9-4-6-14(19)13-5-3-8-17-11-13/h3,5,7-8,10-11,14H,4,6,9H2,1-2H3. The third-order valence-corrected chi connectivity index (χ3v) is 4.06. The summed E-state index contributed by atoms with van der Waals surface area (Å²) in [5, 5.41) is 0. The van der Waals surface area contributed by atoms with Gasteiger partial charge >= 0.3 is 0 Å². The zero-order valence-corrected chi connectivity index (χ0v) is 11.9. The Bertz CT molecular complexity index is 598. The number of carbonyl (C=O) groups is 1. The van der Waals surface area contributed by atoms with Crippen molar-refractivity contribution < 1.29 is 4.79 Å². The third kappa shape index (κ3) is 2.11. The normalized spacial score (nSPS) is 18.5. The first-order valence-corrected chi connectivity index (χ1v) is 7.01. The third-order valence-electron chi connectivity index (χ3n) is 4.06. The molecule has 0 bridgehead atoms. The fourth-order valence-corrected chi connectivity index (χ4v) is 3.04. The van der Waals surface area contributed by atoms with E-state index in [1.807, 2.05) is 48.0 Å². The van der Waals surface area contributed by atoms with Crippen molar-refractivity contribution in [2.24, 2.45) is 7.05 Å². The smallest absolute Gasteiger partial charge is 0.271 e. The first kappa shape index (κ1) is 12.9. The van der Waals surface area contributed by atoms with E-state index in [1.54, 1.807) is 6.20 Å². The van der Waals surface area contributed by atoms with Gasteiger partial charge in [-0.15, -0.1) is 0 Å². The van der Waals surface area contributed by atoms with E-state index in [2.05, 4.69) is 11.1 Å². The summed E-state index contributed by atoms with van der Waals surface area (Å²) in [7, 11) is 1.93.